The third-order valence-corrected chi connectivity index (χ3v) is 3.37. The van der Waals surface area contributed by atoms with Crippen LogP contribution in [-0.4, -0.2) is 27.0 Å². The molecule has 16 heavy (non-hydrogen) atoms. The zero-order valence-corrected chi connectivity index (χ0v) is 9.52. The summed E-state index contributed by atoms with van der Waals surface area (Å²) in [5.74, 6) is 0. The van der Waals surface area contributed by atoms with Crippen LogP contribution in [0.4, 0.5) is 0 Å². The van der Waals surface area contributed by atoms with Gasteiger partial charge in [0.25, 0.3) is 0 Å². The van der Waals surface area contributed by atoms with Crippen molar-refractivity contribution in [3.8, 4) is 0 Å². The quantitative estimate of drug-likeness (QED) is 0.789. The number of nitrogens with one attached hydrogen (secondary N) is 1. The zero-order chi connectivity index (χ0) is 11.4. The van der Waals surface area contributed by atoms with Crippen molar-refractivity contribution in [1.29, 1.82) is 0 Å². The lowest BCUT2D eigenvalue weighted by Gasteiger charge is -2.27. The van der Waals surface area contributed by atoms with Gasteiger partial charge < -0.3 is 10.4 Å². The van der Waals surface area contributed by atoms with E-state index < -0.39 is 0 Å². The molecule has 1 aromatic heterocycles. The van der Waals surface area contributed by atoms with E-state index in [1.807, 2.05) is 12.4 Å². The molecule has 1 heterocycles. The normalized spacial score (nSPS) is 18.8. The Morgan fingerprint density at radius 2 is 2.31 bits per heavy atom. The molecular formula is C12H19N3O. The van der Waals surface area contributed by atoms with Gasteiger partial charge in [-0.2, -0.15) is 5.10 Å². The maximum absolute atomic E-state index is 9.45. The number of hydrogen-bond donors (Lipinski definition) is 2. The molecule has 2 rings (SSSR count). The molecule has 1 fully saturated rings. The summed E-state index contributed by atoms with van der Waals surface area (Å²) in [6.45, 7) is 4.63. The van der Waals surface area contributed by atoms with Gasteiger partial charge in [0.15, 0.2) is 0 Å². The molecule has 1 aromatic rings. The first-order valence-electron chi connectivity index (χ1n) is 5.79. The molecule has 1 saturated carbocycles. The van der Waals surface area contributed by atoms with Crippen LogP contribution in [0.5, 0.6) is 0 Å². The fourth-order valence-corrected chi connectivity index (χ4v) is 2.30. The van der Waals surface area contributed by atoms with E-state index in [-0.39, 0.29) is 12.1 Å². The number of aliphatic hydroxyl groups excluding tert-OH is 1. The van der Waals surface area contributed by atoms with Crippen LogP contribution in [0.25, 0.3) is 6.20 Å². The van der Waals surface area contributed by atoms with Gasteiger partial charge >= 0.3 is 0 Å². The van der Waals surface area contributed by atoms with Gasteiger partial charge in [0.2, 0.25) is 0 Å². The Hall–Kier alpha value is -1.13. The van der Waals surface area contributed by atoms with E-state index in [4.69, 9.17) is 0 Å². The highest BCUT2D eigenvalue weighted by atomic mass is 16.3. The maximum Gasteiger partial charge on any atom is 0.0613 e. The highest BCUT2D eigenvalue weighted by molar-refractivity contribution is 5.17. The minimum absolute atomic E-state index is 0.0592. The van der Waals surface area contributed by atoms with Crippen molar-refractivity contribution in [1.82, 2.24) is 15.1 Å². The second-order valence-electron chi connectivity index (χ2n) is 4.51. The number of rotatable bonds is 5. The summed E-state index contributed by atoms with van der Waals surface area (Å²) < 4.78 is 1.69. The Balaban J connectivity index is 1.92. The standard InChI is InChI=1S/C12H19N3O/c1-2-15-9-11(8-14-15)7-13-12(10-16)5-3-4-6-12/h2,8-9,13,16H,1,3-7,10H2. The van der Waals surface area contributed by atoms with Crippen LogP contribution in [0, 0.1) is 0 Å². The van der Waals surface area contributed by atoms with E-state index in [2.05, 4.69) is 17.0 Å². The molecular weight excluding hydrogens is 202 g/mol. The summed E-state index contributed by atoms with van der Waals surface area (Å²) in [5, 5.41) is 17.0. The van der Waals surface area contributed by atoms with Crippen molar-refractivity contribution in [2.45, 2.75) is 37.8 Å². The molecule has 0 atom stereocenters. The molecule has 0 aliphatic heterocycles. The summed E-state index contributed by atoms with van der Waals surface area (Å²) in [5.41, 5.74) is 1.07. The van der Waals surface area contributed by atoms with Gasteiger partial charge in [-0.25, -0.2) is 4.68 Å². The molecule has 0 amide bonds. The van der Waals surface area contributed by atoms with Crippen LogP contribution in [0.2, 0.25) is 0 Å². The summed E-state index contributed by atoms with van der Waals surface area (Å²) in [4.78, 5) is 0. The monoisotopic (exact) mass is 221 g/mol. The van der Waals surface area contributed by atoms with Crippen LogP contribution in [0.3, 0.4) is 0 Å². The first-order valence-corrected chi connectivity index (χ1v) is 5.79. The number of nitrogens with zero attached hydrogens (tertiary/aromatic N) is 2. The van der Waals surface area contributed by atoms with Crippen molar-refractivity contribution in [3.63, 3.8) is 0 Å². The summed E-state index contributed by atoms with van der Waals surface area (Å²) >= 11 is 0. The van der Waals surface area contributed by atoms with Crippen LogP contribution in [0.15, 0.2) is 19.0 Å². The molecule has 4 nitrogen and oxygen atoms in total. The Labute approximate surface area is 96.0 Å². The number of aromatic nitrogens is 2. The second-order valence-corrected chi connectivity index (χ2v) is 4.51. The lowest BCUT2D eigenvalue weighted by atomic mass is 9.99. The third kappa shape index (κ3) is 2.33. The van der Waals surface area contributed by atoms with Gasteiger partial charge in [-0.1, -0.05) is 19.4 Å². The van der Waals surface area contributed by atoms with E-state index in [1.54, 1.807) is 10.9 Å². The van der Waals surface area contributed by atoms with E-state index in [0.29, 0.717) is 0 Å². The van der Waals surface area contributed by atoms with Gasteiger partial charge in [-0.15, -0.1) is 0 Å². The highest BCUT2D eigenvalue weighted by Gasteiger charge is 2.32. The van der Waals surface area contributed by atoms with Crippen molar-refractivity contribution in [3.05, 3.63) is 24.5 Å². The average molecular weight is 221 g/mol. The average Bonchev–Trinajstić information content (AvgIpc) is 2.96. The largest absolute Gasteiger partial charge is 0.394 e. The summed E-state index contributed by atoms with van der Waals surface area (Å²) in [6, 6.07) is 0. The van der Waals surface area contributed by atoms with Crippen LogP contribution < -0.4 is 5.32 Å². The number of aliphatic hydroxyl groups is 1. The Morgan fingerprint density at radius 1 is 1.56 bits per heavy atom. The Bertz CT molecular complexity index is 353. The van der Waals surface area contributed by atoms with Gasteiger partial charge in [0, 0.05) is 30.0 Å². The minimum Gasteiger partial charge on any atom is -0.394 e. The van der Waals surface area contributed by atoms with Gasteiger partial charge in [0.05, 0.1) is 12.8 Å². The van der Waals surface area contributed by atoms with Crippen molar-refractivity contribution in [2.24, 2.45) is 0 Å². The molecule has 4 heteroatoms. The fourth-order valence-electron chi connectivity index (χ4n) is 2.30. The molecule has 0 unspecified atom stereocenters. The number of hydrogen-bond acceptors (Lipinski definition) is 3. The van der Waals surface area contributed by atoms with E-state index in [1.165, 1.54) is 12.8 Å². The molecule has 0 spiro atoms. The first kappa shape index (κ1) is 11.4. The van der Waals surface area contributed by atoms with Crippen LogP contribution in [0.1, 0.15) is 31.2 Å². The predicted molar refractivity (Wildman–Crippen MR) is 63.7 cm³/mol. The maximum atomic E-state index is 9.45. The smallest absolute Gasteiger partial charge is 0.0613 e. The molecule has 2 N–H and O–H groups in total. The Kier molecular flexibility index (Phi) is 3.41. The molecule has 0 aromatic carbocycles. The van der Waals surface area contributed by atoms with Crippen LogP contribution >= 0.6 is 0 Å². The fraction of sp³-hybridized carbons (Fsp3) is 0.583. The zero-order valence-electron chi connectivity index (χ0n) is 9.52. The second kappa shape index (κ2) is 4.80. The van der Waals surface area contributed by atoms with E-state index in [9.17, 15) is 5.11 Å². The van der Waals surface area contributed by atoms with E-state index in [0.717, 1.165) is 24.9 Å². The molecule has 1 aliphatic carbocycles. The predicted octanol–water partition coefficient (Wildman–Crippen LogP) is 1.38. The first-order chi connectivity index (χ1) is 7.78. The van der Waals surface area contributed by atoms with Crippen molar-refractivity contribution < 1.29 is 5.11 Å². The van der Waals surface area contributed by atoms with E-state index >= 15 is 0 Å². The highest BCUT2D eigenvalue weighted by Crippen LogP contribution is 2.29. The molecule has 0 saturated heterocycles. The van der Waals surface area contributed by atoms with Gasteiger partial charge in [-0.05, 0) is 12.8 Å². The summed E-state index contributed by atoms with van der Waals surface area (Å²) in [6.07, 6.45) is 9.99. The molecule has 1 aliphatic rings. The van der Waals surface area contributed by atoms with Gasteiger partial charge in [-0.3, -0.25) is 0 Å². The SMILES string of the molecule is C=Cn1cc(CNC2(CO)CCCC2)cn1. The lowest BCUT2D eigenvalue weighted by Crippen LogP contribution is -2.45. The van der Waals surface area contributed by atoms with Gasteiger partial charge in [0.1, 0.15) is 0 Å². The van der Waals surface area contributed by atoms with Crippen molar-refractivity contribution >= 4 is 6.20 Å². The topological polar surface area (TPSA) is 50.1 Å². The third-order valence-electron chi connectivity index (χ3n) is 3.37. The molecule has 0 radical (unpaired) electrons. The van der Waals surface area contributed by atoms with Crippen LogP contribution in [-0.2, 0) is 6.54 Å². The summed E-state index contributed by atoms with van der Waals surface area (Å²) in [7, 11) is 0. The Morgan fingerprint density at radius 3 is 2.88 bits per heavy atom. The lowest BCUT2D eigenvalue weighted by molar-refractivity contribution is 0.163. The van der Waals surface area contributed by atoms with Crippen molar-refractivity contribution in [2.75, 3.05) is 6.61 Å². The molecule has 88 valence electrons. The minimum atomic E-state index is -0.0592. The molecule has 0 bridgehead atoms.